The lowest BCUT2D eigenvalue weighted by Crippen LogP contribution is -2.42. The van der Waals surface area contributed by atoms with Crippen molar-refractivity contribution in [2.45, 2.75) is 43.6 Å². The molecule has 2 fully saturated rings. The van der Waals surface area contributed by atoms with Crippen LogP contribution >= 0.6 is 0 Å². The molecule has 0 aromatic carbocycles. The summed E-state index contributed by atoms with van der Waals surface area (Å²) >= 11 is 0. The molecule has 1 unspecified atom stereocenters. The molecule has 0 spiro atoms. The summed E-state index contributed by atoms with van der Waals surface area (Å²) in [5.74, 6) is 0.249. The van der Waals surface area contributed by atoms with Crippen molar-refractivity contribution >= 4 is 28.4 Å². The van der Waals surface area contributed by atoms with Crippen LogP contribution in [0, 0.1) is 0 Å². The summed E-state index contributed by atoms with van der Waals surface area (Å²) in [5.41, 5.74) is 2.78. The fraction of sp³-hybridized carbons (Fsp3) is 0.417. The monoisotopic (exact) mass is 479 g/mol. The number of hydrogen-bond donors (Lipinski definition) is 3. The van der Waals surface area contributed by atoms with E-state index in [0.29, 0.717) is 29.2 Å². The fourth-order valence-electron chi connectivity index (χ4n) is 5.11. The molecule has 6 rings (SSSR count). The summed E-state index contributed by atoms with van der Waals surface area (Å²) in [6.45, 7) is 0.431. The summed E-state index contributed by atoms with van der Waals surface area (Å²) in [5, 5.41) is 21.2. The van der Waals surface area contributed by atoms with Crippen LogP contribution in [0.25, 0.3) is 27.9 Å². The Morgan fingerprint density at radius 1 is 1.29 bits per heavy atom. The Bertz CT molecular complexity index is 1420. The molecule has 1 saturated heterocycles. The number of amides is 1. The molecule has 4 atom stereocenters. The molecule has 11 heteroatoms. The number of nitrogens with zero attached hydrogens (tertiary/aromatic N) is 5. The zero-order chi connectivity index (χ0) is 24.1. The molecule has 0 bridgehead atoms. The third kappa shape index (κ3) is 3.62. The minimum Gasteiger partial charge on any atom is -0.388 e. The highest BCUT2D eigenvalue weighted by molar-refractivity contribution is 6.01. The van der Waals surface area contributed by atoms with E-state index in [1.54, 1.807) is 17.8 Å². The van der Waals surface area contributed by atoms with Crippen molar-refractivity contribution in [1.82, 2.24) is 29.5 Å². The topological polar surface area (TPSA) is 119 Å². The normalized spacial score (nSPS) is 24.4. The van der Waals surface area contributed by atoms with E-state index in [-0.39, 0.29) is 24.8 Å². The van der Waals surface area contributed by atoms with Crippen molar-refractivity contribution in [3.05, 3.63) is 42.4 Å². The first-order valence-electron chi connectivity index (χ1n) is 11.8. The predicted molar refractivity (Wildman–Crippen MR) is 127 cm³/mol. The number of nitrogens with one attached hydrogen (secondary N) is 2. The van der Waals surface area contributed by atoms with Gasteiger partial charge in [-0.2, -0.15) is 9.61 Å². The maximum absolute atomic E-state index is 14.7. The van der Waals surface area contributed by atoms with E-state index < -0.39 is 24.2 Å². The molecule has 1 aliphatic carbocycles. The van der Waals surface area contributed by atoms with Crippen LogP contribution in [0.2, 0.25) is 0 Å². The molecule has 35 heavy (non-hydrogen) atoms. The lowest BCUT2D eigenvalue weighted by Gasteiger charge is -2.15. The third-order valence-electron chi connectivity index (χ3n) is 6.96. The van der Waals surface area contributed by atoms with Crippen LogP contribution < -0.4 is 10.6 Å². The Morgan fingerprint density at radius 2 is 2.17 bits per heavy atom. The number of carbonyl (C=O) groups excluding carboxylic acids is 1. The number of hydrogen-bond acceptors (Lipinski definition) is 7. The second-order valence-electron chi connectivity index (χ2n) is 9.09. The molecular formula is C24H26FN7O3. The molecular weight excluding hydrogens is 453 g/mol. The van der Waals surface area contributed by atoms with E-state index in [1.165, 1.54) is 6.20 Å². The largest absolute Gasteiger partial charge is 0.388 e. The van der Waals surface area contributed by atoms with Gasteiger partial charge in [0.15, 0.2) is 5.65 Å². The van der Waals surface area contributed by atoms with Gasteiger partial charge in [-0.3, -0.25) is 4.79 Å². The fourth-order valence-corrected chi connectivity index (χ4v) is 5.11. The molecule has 4 aromatic rings. The first-order chi connectivity index (χ1) is 17.0. The Hall–Kier alpha value is -3.57. The van der Waals surface area contributed by atoms with Gasteiger partial charge < -0.3 is 25.0 Å². The highest BCUT2D eigenvalue weighted by Gasteiger charge is 2.31. The lowest BCUT2D eigenvalue weighted by molar-refractivity contribution is 0.0888. The van der Waals surface area contributed by atoms with E-state index in [4.69, 9.17) is 9.72 Å². The molecule has 3 N–H and O–H groups in total. The number of anilines is 1. The van der Waals surface area contributed by atoms with Gasteiger partial charge in [-0.05, 0) is 31.4 Å². The Balaban J connectivity index is 1.47. The zero-order valence-corrected chi connectivity index (χ0v) is 19.2. The van der Waals surface area contributed by atoms with Crippen LogP contribution in [0.5, 0.6) is 0 Å². The zero-order valence-electron chi connectivity index (χ0n) is 19.2. The molecule has 182 valence electrons. The minimum atomic E-state index is -0.913. The molecule has 5 heterocycles. The van der Waals surface area contributed by atoms with Gasteiger partial charge >= 0.3 is 0 Å². The van der Waals surface area contributed by atoms with E-state index in [9.17, 15) is 14.3 Å². The third-order valence-corrected chi connectivity index (χ3v) is 6.96. The predicted octanol–water partition coefficient (Wildman–Crippen LogP) is 2.34. The molecule has 2 aliphatic rings. The van der Waals surface area contributed by atoms with Crippen LogP contribution in [0.15, 0.2) is 36.8 Å². The average Bonchev–Trinajstić information content (AvgIpc) is 3.65. The van der Waals surface area contributed by atoms with E-state index in [2.05, 4.69) is 20.7 Å². The number of fused-ring (bicyclic) bond motifs is 2. The Labute approximate surface area is 200 Å². The Kier molecular flexibility index (Phi) is 5.37. The number of aromatic nitrogens is 5. The molecule has 1 saturated carbocycles. The average molecular weight is 480 g/mol. The number of pyridine rings is 1. The Morgan fingerprint density at radius 3 is 2.91 bits per heavy atom. The summed E-state index contributed by atoms with van der Waals surface area (Å²) in [6.07, 6.45) is 5.57. The van der Waals surface area contributed by atoms with Gasteiger partial charge in [0.1, 0.15) is 23.2 Å². The smallest absolute Gasteiger partial charge is 0.257 e. The van der Waals surface area contributed by atoms with Crippen molar-refractivity contribution in [1.29, 1.82) is 0 Å². The summed E-state index contributed by atoms with van der Waals surface area (Å²) in [6, 6.07) is 4.90. The first kappa shape index (κ1) is 21.9. The maximum atomic E-state index is 14.7. The maximum Gasteiger partial charge on any atom is 0.257 e. The SMILES string of the molecule is CNc1cc(-c2cn([C@H]3CCC[C@H]3F)c3ncccc23)nc2c(C(=O)NC3COC[C@H]3O)cnn12. The highest BCUT2D eigenvalue weighted by atomic mass is 19.1. The number of halogens is 1. The van der Waals surface area contributed by atoms with E-state index >= 15 is 0 Å². The van der Waals surface area contributed by atoms with Crippen LogP contribution in [-0.4, -0.2) is 73.7 Å². The van der Waals surface area contributed by atoms with Crippen molar-refractivity contribution in [2.24, 2.45) is 0 Å². The van der Waals surface area contributed by atoms with Crippen LogP contribution in [0.3, 0.4) is 0 Å². The molecule has 0 radical (unpaired) electrons. The number of aliphatic hydroxyl groups excluding tert-OH is 1. The van der Waals surface area contributed by atoms with E-state index in [1.807, 2.05) is 29.0 Å². The molecule has 1 aliphatic heterocycles. The van der Waals surface area contributed by atoms with Gasteiger partial charge in [0.2, 0.25) is 0 Å². The second-order valence-corrected chi connectivity index (χ2v) is 9.09. The van der Waals surface area contributed by atoms with Crippen molar-refractivity contribution in [2.75, 3.05) is 25.6 Å². The number of aliphatic hydroxyl groups is 1. The highest BCUT2D eigenvalue weighted by Crippen LogP contribution is 2.38. The molecule has 10 nitrogen and oxygen atoms in total. The van der Waals surface area contributed by atoms with Gasteiger partial charge in [0, 0.05) is 36.5 Å². The van der Waals surface area contributed by atoms with Crippen LogP contribution in [-0.2, 0) is 4.74 Å². The number of ether oxygens (including phenoxy) is 1. The van der Waals surface area contributed by atoms with Crippen molar-refractivity contribution < 1.29 is 19.0 Å². The summed E-state index contributed by atoms with van der Waals surface area (Å²) < 4.78 is 23.4. The van der Waals surface area contributed by atoms with Crippen LogP contribution in [0.1, 0.15) is 35.7 Å². The minimum absolute atomic E-state index is 0.185. The number of alkyl halides is 1. The van der Waals surface area contributed by atoms with Crippen molar-refractivity contribution in [3.8, 4) is 11.3 Å². The summed E-state index contributed by atoms with van der Waals surface area (Å²) in [4.78, 5) is 22.4. The molecule has 4 aromatic heterocycles. The number of rotatable bonds is 5. The van der Waals surface area contributed by atoms with Gasteiger partial charge in [-0.25, -0.2) is 14.4 Å². The second kappa shape index (κ2) is 8.58. The number of carbonyl (C=O) groups is 1. The summed E-state index contributed by atoms with van der Waals surface area (Å²) in [7, 11) is 1.77. The molecule has 1 amide bonds. The first-order valence-corrected chi connectivity index (χ1v) is 11.8. The van der Waals surface area contributed by atoms with Gasteiger partial charge in [-0.15, -0.1) is 0 Å². The van der Waals surface area contributed by atoms with Gasteiger partial charge in [0.05, 0.1) is 43.3 Å². The standard InChI is InChI=1S/C24H26FN7O3/c1-26-21-8-17(15-10-31(19-6-2-5-16(19)25)22-13(15)4-3-7-27-22)29-23-14(9-28-32(21)23)24(34)30-18-11-35-12-20(18)33/h3-4,7-10,16,18-20,26,33H,2,5-6,11-12H2,1H3,(H,30,34)/t16-,18?,19+,20-/m1/s1. The van der Waals surface area contributed by atoms with Gasteiger partial charge in [-0.1, -0.05) is 0 Å². The lowest BCUT2D eigenvalue weighted by atomic mass is 10.1. The van der Waals surface area contributed by atoms with Crippen LogP contribution in [0.4, 0.5) is 10.2 Å². The van der Waals surface area contributed by atoms with E-state index in [0.717, 1.165) is 23.8 Å². The van der Waals surface area contributed by atoms with Gasteiger partial charge in [0.25, 0.3) is 5.91 Å². The quantitative estimate of drug-likeness (QED) is 0.402. The van der Waals surface area contributed by atoms with Crippen molar-refractivity contribution in [3.63, 3.8) is 0 Å².